The van der Waals surface area contributed by atoms with E-state index in [4.69, 9.17) is 10.5 Å². The molecule has 0 amide bonds. The van der Waals surface area contributed by atoms with E-state index in [1.807, 2.05) is 23.9 Å². The smallest absolute Gasteiger partial charge is 0.0966 e. The molecule has 0 spiro atoms. The lowest BCUT2D eigenvalue weighted by Gasteiger charge is -2.20. The van der Waals surface area contributed by atoms with Gasteiger partial charge in [-0.15, -0.1) is 11.8 Å². The molecule has 1 aliphatic rings. The number of aromatic nitrogens is 1. The van der Waals surface area contributed by atoms with Gasteiger partial charge in [-0.3, -0.25) is 0 Å². The largest absolute Gasteiger partial charge is 0.381 e. The highest BCUT2D eigenvalue weighted by atomic mass is 32.2. The maximum Gasteiger partial charge on any atom is 0.0966 e. The lowest BCUT2D eigenvalue weighted by atomic mass is 10.2. The van der Waals surface area contributed by atoms with E-state index in [-0.39, 0.29) is 0 Å². The van der Waals surface area contributed by atoms with Crippen molar-refractivity contribution in [3.05, 3.63) is 23.9 Å². The van der Waals surface area contributed by atoms with Crippen LogP contribution in [0, 0.1) is 0 Å². The first-order valence-electron chi connectivity index (χ1n) is 5.29. The van der Waals surface area contributed by atoms with E-state index in [9.17, 15) is 0 Å². The Balaban J connectivity index is 1.96. The molecule has 15 heavy (non-hydrogen) atoms. The van der Waals surface area contributed by atoms with Crippen molar-refractivity contribution in [2.24, 2.45) is 5.73 Å². The van der Waals surface area contributed by atoms with Crippen LogP contribution < -0.4 is 5.73 Å². The Morgan fingerprint density at radius 2 is 2.20 bits per heavy atom. The minimum Gasteiger partial charge on any atom is -0.381 e. The van der Waals surface area contributed by atoms with Crippen LogP contribution in [0.4, 0.5) is 0 Å². The summed E-state index contributed by atoms with van der Waals surface area (Å²) >= 11 is 1.85. The molecule has 0 radical (unpaired) electrons. The molecule has 1 aromatic rings. The molecule has 3 nitrogen and oxygen atoms in total. The molecular formula is C11H16N2OS. The molecular weight excluding hydrogens is 208 g/mol. The number of hydrogen-bond donors (Lipinski definition) is 1. The Morgan fingerprint density at radius 3 is 2.93 bits per heavy atom. The summed E-state index contributed by atoms with van der Waals surface area (Å²) in [5.41, 5.74) is 6.52. The highest BCUT2D eigenvalue weighted by Gasteiger charge is 2.15. The van der Waals surface area contributed by atoms with Crippen molar-refractivity contribution in [2.45, 2.75) is 29.7 Å². The van der Waals surface area contributed by atoms with Crippen LogP contribution in [0.25, 0.3) is 0 Å². The number of nitrogens with two attached hydrogens (primary N) is 1. The fourth-order valence-electron chi connectivity index (χ4n) is 1.60. The zero-order chi connectivity index (χ0) is 10.5. The molecule has 1 aromatic heterocycles. The summed E-state index contributed by atoms with van der Waals surface area (Å²) in [4.78, 5) is 4.48. The number of thioether (sulfide) groups is 1. The minimum absolute atomic E-state index is 0.516. The van der Waals surface area contributed by atoms with Crippen LogP contribution in [0.2, 0.25) is 0 Å². The first-order valence-corrected chi connectivity index (χ1v) is 6.17. The molecule has 0 aromatic carbocycles. The van der Waals surface area contributed by atoms with Crippen LogP contribution in [0.15, 0.2) is 23.2 Å². The Morgan fingerprint density at radius 1 is 1.40 bits per heavy atom. The number of hydrogen-bond acceptors (Lipinski definition) is 4. The topological polar surface area (TPSA) is 48.1 Å². The fourth-order valence-corrected chi connectivity index (χ4v) is 2.70. The maximum atomic E-state index is 5.56. The molecule has 2 heterocycles. The van der Waals surface area contributed by atoms with Crippen LogP contribution >= 0.6 is 11.8 Å². The summed E-state index contributed by atoms with van der Waals surface area (Å²) < 4.78 is 5.33. The zero-order valence-electron chi connectivity index (χ0n) is 8.69. The minimum atomic E-state index is 0.516. The molecule has 0 aliphatic carbocycles. The van der Waals surface area contributed by atoms with Gasteiger partial charge in [0.2, 0.25) is 0 Å². The highest BCUT2D eigenvalue weighted by molar-refractivity contribution is 7.99. The summed E-state index contributed by atoms with van der Waals surface area (Å²) in [6.45, 7) is 2.28. The van der Waals surface area contributed by atoms with Crippen molar-refractivity contribution in [2.75, 3.05) is 13.2 Å². The van der Waals surface area contributed by atoms with Gasteiger partial charge in [0.1, 0.15) is 0 Å². The molecule has 1 aliphatic heterocycles. The quantitative estimate of drug-likeness (QED) is 0.850. The van der Waals surface area contributed by atoms with Gasteiger partial charge in [0.05, 0.1) is 10.7 Å². The zero-order valence-corrected chi connectivity index (χ0v) is 9.50. The van der Waals surface area contributed by atoms with Crippen LogP contribution in [-0.4, -0.2) is 23.4 Å². The first kappa shape index (κ1) is 10.9. The lowest BCUT2D eigenvalue weighted by molar-refractivity contribution is 0.1000. The predicted octanol–water partition coefficient (Wildman–Crippen LogP) is 1.81. The first-order chi connectivity index (χ1) is 7.38. The number of ether oxygens (including phenoxy) is 1. The number of nitrogens with zero attached hydrogens (tertiary/aromatic N) is 1. The summed E-state index contributed by atoms with van der Waals surface area (Å²) in [5, 5.41) is 1.74. The van der Waals surface area contributed by atoms with Gasteiger partial charge in [-0.1, -0.05) is 6.07 Å². The summed E-state index contributed by atoms with van der Waals surface area (Å²) in [7, 11) is 0. The van der Waals surface area contributed by atoms with E-state index < -0.39 is 0 Å². The van der Waals surface area contributed by atoms with E-state index in [1.165, 1.54) is 0 Å². The molecule has 0 unspecified atom stereocenters. The second-order valence-corrected chi connectivity index (χ2v) is 4.92. The van der Waals surface area contributed by atoms with Crippen molar-refractivity contribution in [3.63, 3.8) is 0 Å². The Labute approximate surface area is 94.4 Å². The van der Waals surface area contributed by atoms with Gasteiger partial charge in [0, 0.05) is 25.0 Å². The van der Waals surface area contributed by atoms with Gasteiger partial charge < -0.3 is 10.5 Å². The normalized spacial score (nSPS) is 17.9. The standard InChI is InChI=1S/C11H16N2OS/c12-8-9-2-1-3-11(13-9)15-10-4-6-14-7-5-10/h1-3,10H,4-8,12H2. The van der Waals surface area contributed by atoms with E-state index in [0.29, 0.717) is 11.8 Å². The Bertz CT molecular complexity index is 313. The second kappa shape index (κ2) is 5.49. The van der Waals surface area contributed by atoms with Gasteiger partial charge in [0.15, 0.2) is 0 Å². The number of pyridine rings is 1. The third-order valence-electron chi connectivity index (χ3n) is 2.45. The highest BCUT2D eigenvalue weighted by Crippen LogP contribution is 2.28. The molecule has 1 fully saturated rings. The molecule has 82 valence electrons. The van der Waals surface area contributed by atoms with Gasteiger partial charge >= 0.3 is 0 Å². The maximum absolute atomic E-state index is 5.56. The van der Waals surface area contributed by atoms with Crippen molar-refractivity contribution in [3.8, 4) is 0 Å². The van der Waals surface area contributed by atoms with Gasteiger partial charge in [-0.05, 0) is 25.0 Å². The van der Waals surface area contributed by atoms with E-state index >= 15 is 0 Å². The Kier molecular flexibility index (Phi) is 4.00. The van der Waals surface area contributed by atoms with Crippen LogP contribution in [-0.2, 0) is 11.3 Å². The molecule has 0 atom stereocenters. The predicted molar refractivity (Wildman–Crippen MR) is 61.8 cm³/mol. The molecule has 0 bridgehead atoms. The summed E-state index contributed by atoms with van der Waals surface area (Å²) in [6.07, 6.45) is 2.25. The average Bonchev–Trinajstić information content (AvgIpc) is 2.31. The molecule has 0 saturated carbocycles. The molecule has 4 heteroatoms. The lowest BCUT2D eigenvalue weighted by Crippen LogP contribution is -2.17. The van der Waals surface area contributed by atoms with Gasteiger partial charge in [-0.25, -0.2) is 4.98 Å². The van der Waals surface area contributed by atoms with Crippen molar-refractivity contribution in [1.82, 2.24) is 4.98 Å². The Hall–Kier alpha value is -0.580. The molecule has 2 rings (SSSR count). The van der Waals surface area contributed by atoms with Crippen LogP contribution in [0.1, 0.15) is 18.5 Å². The average molecular weight is 224 g/mol. The van der Waals surface area contributed by atoms with Gasteiger partial charge in [-0.2, -0.15) is 0 Å². The van der Waals surface area contributed by atoms with E-state index in [2.05, 4.69) is 11.1 Å². The monoisotopic (exact) mass is 224 g/mol. The fraction of sp³-hybridized carbons (Fsp3) is 0.545. The molecule has 2 N–H and O–H groups in total. The number of rotatable bonds is 3. The van der Waals surface area contributed by atoms with Gasteiger partial charge in [0.25, 0.3) is 0 Å². The third kappa shape index (κ3) is 3.19. The van der Waals surface area contributed by atoms with Crippen molar-refractivity contribution in [1.29, 1.82) is 0 Å². The molecule has 1 saturated heterocycles. The van der Waals surface area contributed by atoms with Crippen molar-refractivity contribution < 1.29 is 4.74 Å². The van der Waals surface area contributed by atoms with Crippen molar-refractivity contribution >= 4 is 11.8 Å². The SMILES string of the molecule is NCc1cccc(SC2CCOCC2)n1. The van der Waals surface area contributed by atoms with E-state index in [0.717, 1.165) is 36.8 Å². The summed E-state index contributed by atoms with van der Waals surface area (Å²) in [5.74, 6) is 0. The summed E-state index contributed by atoms with van der Waals surface area (Å²) in [6, 6.07) is 6.05. The van der Waals surface area contributed by atoms with Crippen LogP contribution in [0.3, 0.4) is 0 Å². The van der Waals surface area contributed by atoms with E-state index in [1.54, 1.807) is 0 Å². The third-order valence-corrected chi connectivity index (χ3v) is 3.72. The van der Waals surface area contributed by atoms with Crippen LogP contribution in [0.5, 0.6) is 0 Å². The second-order valence-electron chi connectivity index (χ2n) is 3.60.